The Morgan fingerprint density at radius 3 is 2.92 bits per heavy atom. The fraction of sp³-hybridized carbons (Fsp3) is 0.750. The van der Waals surface area contributed by atoms with Crippen molar-refractivity contribution in [2.75, 3.05) is 32.8 Å². The van der Waals surface area contributed by atoms with Crippen molar-refractivity contribution in [1.82, 2.24) is 10.2 Å². The second-order valence-electron chi connectivity index (χ2n) is 3.15. The molecule has 1 saturated heterocycles. The SMILES string of the molecule is O=C(C1CN=CN1)N1CCOCC1. The van der Waals surface area contributed by atoms with E-state index in [2.05, 4.69) is 10.3 Å². The number of nitrogens with zero attached hydrogens (tertiary/aromatic N) is 2. The summed E-state index contributed by atoms with van der Waals surface area (Å²) in [4.78, 5) is 17.5. The summed E-state index contributed by atoms with van der Waals surface area (Å²) in [6.45, 7) is 3.28. The molecule has 72 valence electrons. The minimum atomic E-state index is -0.141. The molecule has 2 aliphatic heterocycles. The van der Waals surface area contributed by atoms with Crippen LogP contribution in [-0.4, -0.2) is 56.0 Å². The lowest BCUT2D eigenvalue weighted by Gasteiger charge is -2.28. The van der Waals surface area contributed by atoms with E-state index in [9.17, 15) is 4.79 Å². The van der Waals surface area contributed by atoms with Gasteiger partial charge in [0.25, 0.3) is 0 Å². The maximum atomic E-state index is 11.7. The van der Waals surface area contributed by atoms with E-state index in [0.29, 0.717) is 32.8 Å². The number of aliphatic imine (C=N–C) groups is 1. The number of carbonyl (C=O) groups is 1. The van der Waals surface area contributed by atoms with Crippen molar-refractivity contribution in [3.05, 3.63) is 0 Å². The van der Waals surface area contributed by atoms with Crippen molar-refractivity contribution in [2.45, 2.75) is 6.04 Å². The molecule has 0 aliphatic carbocycles. The van der Waals surface area contributed by atoms with Crippen molar-refractivity contribution < 1.29 is 9.53 Å². The van der Waals surface area contributed by atoms with Crippen molar-refractivity contribution in [3.63, 3.8) is 0 Å². The second-order valence-corrected chi connectivity index (χ2v) is 3.15. The first-order chi connectivity index (χ1) is 6.38. The fourth-order valence-electron chi connectivity index (χ4n) is 1.51. The molecule has 0 bridgehead atoms. The summed E-state index contributed by atoms with van der Waals surface area (Å²) in [5.74, 6) is 0.140. The van der Waals surface area contributed by atoms with Crippen LogP contribution < -0.4 is 5.32 Å². The van der Waals surface area contributed by atoms with Gasteiger partial charge in [-0.3, -0.25) is 9.79 Å². The molecule has 2 aliphatic rings. The molecule has 1 atom stereocenters. The van der Waals surface area contributed by atoms with Crippen LogP contribution in [0.4, 0.5) is 0 Å². The first-order valence-corrected chi connectivity index (χ1v) is 4.49. The zero-order valence-electron chi connectivity index (χ0n) is 7.40. The lowest BCUT2D eigenvalue weighted by molar-refractivity contribution is -0.136. The van der Waals surface area contributed by atoms with E-state index in [-0.39, 0.29) is 11.9 Å². The molecule has 0 aromatic carbocycles. The molecule has 5 heteroatoms. The fourth-order valence-corrected chi connectivity index (χ4v) is 1.51. The van der Waals surface area contributed by atoms with Crippen LogP contribution in [0.2, 0.25) is 0 Å². The molecule has 1 fully saturated rings. The second kappa shape index (κ2) is 3.74. The summed E-state index contributed by atoms with van der Waals surface area (Å²) in [6, 6.07) is -0.141. The van der Waals surface area contributed by atoms with E-state index in [4.69, 9.17) is 4.74 Å². The molecular formula is C8H13N3O2. The van der Waals surface area contributed by atoms with Gasteiger partial charge in [0.2, 0.25) is 5.91 Å². The van der Waals surface area contributed by atoms with Gasteiger partial charge in [-0.2, -0.15) is 0 Å². The normalized spacial score (nSPS) is 27.4. The lowest BCUT2D eigenvalue weighted by atomic mass is 10.2. The van der Waals surface area contributed by atoms with Crippen LogP contribution in [0, 0.1) is 0 Å². The molecule has 5 nitrogen and oxygen atoms in total. The predicted molar refractivity (Wildman–Crippen MR) is 47.7 cm³/mol. The maximum absolute atomic E-state index is 11.7. The van der Waals surface area contributed by atoms with Crippen molar-refractivity contribution in [1.29, 1.82) is 0 Å². The lowest BCUT2D eigenvalue weighted by Crippen LogP contribution is -2.49. The molecule has 2 rings (SSSR count). The average molecular weight is 183 g/mol. The predicted octanol–water partition coefficient (Wildman–Crippen LogP) is -1.15. The van der Waals surface area contributed by atoms with E-state index in [0.717, 1.165) is 0 Å². The number of rotatable bonds is 1. The highest BCUT2D eigenvalue weighted by Crippen LogP contribution is 2.02. The highest BCUT2D eigenvalue weighted by molar-refractivity contribution is 5.86. The van der Waals surface area contributed by atoms with Gasteiger partial charge in [0.1, 0.15) is 6.04 Å². The third-order valence-corrected chi connectivity index (χ3v) is 2.28. The van der Waals surface area contributed by atoms with Gasteiger partial charge in [-0.05, 0) is 0 Å². The van der Waals surface area contributed by atoms with E-state index >= 15 is 0 Å². The molecule has 0 aromatic rings. The topological polar surface area (TPSA) is 53.9 Å². The van der Waals surface area contributed by atoms with Crippen LogP contribution in [0.15, 0.2) is 4.99 Å². The molecule has 0 radical (unpaired) electrons. The molecule has 1 amide bonds. The Labute approximate surface area is 76.8 Å². The first kappa shape index (κ1) is 8.50. The van der Waals surface area contributed by atoms with Gasteiger partial charge in [0.05, 0.1) is 26.1 Å². The molecule has 0 aromatic heterocycles. The van der Waals surface area contributed by atoms with Crippen LogP contribution in [0.25, 0.3) is 0 Å². The Balaban J connectivity index is 1.88. The van der Waals surface area contributed by atoms with Crippen molar-refractivity contribution in [3.8, 4) is 0 Å². The zero-order chi connectivity index (χ0) is 9.10. The number of ether oxygens (including phenoxy) is 1. The molecule has 0 saturated carbocycles. The van der Waals surface area contributed by atoms with Gasteiger partial charge in [-0.1, -0.05) is 0 Å². The molecule has 1 unspecified atom stereocenters. The van der Waals surface area contributed by atoms with E-state index in [1.807, 2.05) is 4.90 Å². The van der Waals surface area contributed by atoms with E-state index in [1.165, 1.54) is 0 Å². The van der Waals surface area contributed by atoms with Crippen LogP contribution >= 0.6 is 0 Å². The monoisotopic (exact) mass is 183 g/mol. The van der Waals surface area contributed by atoms with E-state index in [1.54, 1.807) is 6.34 Å². The molecule has 13 heavy (non-hydrogen) atoms. The Hall–Kier alpha value is -1.10. The summed E-state index contributed by atoms with van der Waals surface area (Å²) in [7, 11) is 0. The minimum absolute atomic E-state index is 0.140. The standard InChI is InChI=1S/C8H13N3O2/c12-8(7-5-9-6-10-7)11-1-3-13-4-2-11/h6-7H,1-5H2,(H,9,10). The maximum Gasteiger partial charge on any atom is 0.247 e. The highest BCUT2D eigenvalue weighted by atomic mass is 16.5. The quantitative estimate of drug-likeness (QED) is 0.558. The summed E-state index contributed by atoms with van der Waals surface area (Å²) >= 11 is 0. The zero-order valence-corrected chi connectivity index (χ0v) is 7.40. The number of morpholine rings is 1. The van der Waals surface area contributed by atoms with Gasteiger partial charge in [0.15, 0.2) is 0 Å². The third kappa shape index (κ3) is 1.80. The highest BCUT2D eigenvalue weighted by Gasteiger charge is 2.26. The molecule has 1 N–H and O–H groups in total. The number of hydrogen-bond acceptors (Lipinski definition) is 4. The van der Waals surface area contributed by atoms with Crippen LogP contribution in [0.5, 0.6) is 0 Å². The molecule has 2 heterocycles. The van der Waals surface area contributed by atoms with Gasteiger partial charge >= 0.3 is 0 Å². The Morgan fingerprint density at radius 2 is 2.31 bits per heavy atom. The van der Waals surface area contributed by atoms with Gasteiger partial charge in [-0.25, -0.2) is 0 Å². The van der Waals surface area contributed by atoms with E-state index < -0.39 is 0 Å². The number of hydrogen-bond donors (Lipinski definition) is 1. The summed E-state index contributed by atoms with van der Waals surface area (Å²) in [6.07, 6.45) is 1.60. The van der Waals surface area contributed by atoms with Crippen LogP contribution in [-0.2, 0) is 9.53 Å². The molecule has 0 spiro atoms. The third-order valence-electron chi connectivity index (χ3n) is 2.28. The van der Waals surface area contributed by atoms with Crippen LogP contribution in [0.1, 0.15) is 0 Å². The summed E-state index contributed by atoms with van der Waals surface area (Å²) in [5.41, 5.74) is 0. The van der Waals surface area contributed by atoms with Crippen molar-refractivity contribution >= 4 is 12.2 Å². The van der Waals surface area contributed by atoms with Crippen LogP contribution in [0.3, 0.4) is 0 Å². The number of amides is 1. The number of nitrogens with one attached hydrogen (secondary N) is 1. The van der Waals surface area contributed by atoms with Gasteiger partial charge in [-0.15, -0.1) is 0 Å². The number of carbonyl (C=O) groups excluding carboxylic acids is 1. The summed E-state index contributed by atoms with van der Waals surface area (Å²) < 4.78 is 5.17. The Morgan fingerprint density at radius 1 is 1.54 bits per heavy atom. The van der Waals surface area contributed by atoms with Gasteiger partial charge in [0, 0.05) is 13.1 Å². The summed E-state index contributed by atoms with van der Waals surface area (Å²) in [5, 5.41) is 2.93. The average Bonchev–Trinajstić information content (AvgIpc) is 2.71. The van der Waals surface area contributed by atoms with Gasteiger partial charge < -0.3 is 15.0 Å². The smallest absolute Gasteiger partial charge is 0.247 e. The molecular weight excluding hydrogens is 170 g/mol. The first-order valence-electron chi connectivity index (χ1n) is 4.49. The van der Waals surface area contributed by atoms with Crippen molar-refractivity contribution in [2.24, 2.45) is 4.99 Å². The largest absolute Gasteiger partial charge is 0.378 e. The Kier molecular flexibility index (Phi) is 2.44. The Bertz CT molecular complexity index is 215. The minimum Gasteiger partial charge on any atom is -0.378 e.